The number of hydrogen-bond acceptors (Lipinski definition) is 4. The van der Waals surface area contributed by atoms with E-state index < -0.39 is 10.0 Å². The summed E-state index contributed by atoms with van der Waals surface area (Å²) < 4.78 is 32.9. The number of ether oxygens (including phenoxy) is 1. The Labute approximate surface area is 152 Å². The Bertz CT molecular complexity index is 639. The van der Waals surface area contributed by atoms with Gasteiger partial charge in [-0.15, -0.1) is 12.4 Å². The molecule has 1 aromatic carbocycles. The van der Waals surface area contributed by atoms with Gasteiger partial charge in [0.1, 0.15) is 5.75 Å². The Kier molecular flexibility index (Phi) is 7.53. The van der Waals surface area contributed by atoms with Crippen LogP contribution < -0.4 is 10.5 Å². The van der Waals surface area contributed by atoms with Gasteiger partial charge in [-0.1, -0.05) is 0 Å². The molecule has 1 aromatic rings. The van der Waals surface area contributed by atoms with E-state index in [1.165, 1.54) is 0 Å². The zero-order valence-electron chi connectivity index (χ0n) is 14.9. The van der Waals surface area contributed by atoms with Gasteiger partial charge in [0.05, 0.1) is 11.0 Å². The van der Waals surface area contributed by atoms with Gasteiger partial charge in [0.15, 0.2) is 0 Å². The van der Waals surface area contributed by atoms with Gasteiger partial charge in [-0.25, -0.2) is 8.42 Å². The summed E-state index contributed by atoms with van der Waals surface area (Å²) in [5.41, 5.74) is 6.77. The molecular weight excluding hydrogens is 348 g/mol. The topological polar surface area (TPSA) is 72.6 Å². The van der Waals surface area contributed by atoms with Crippen LogP contribution in [0.25, 0.3) is 0 Å². The second-order valence-electron chi connectivity index (χ2n) is 6.69. The van der Waals surface area contributed by atoms with E-state index in [-0.39, 0.29) is 24.6 Å². The van der Waals surface area contributed by atoms with E-state index in [2.05, 4.69) is 0 Å². The molecule has 24 heavy (non-hydrogen) atoms. The fraction of sp³-hybridized carbons (Fsp3) is 0.647. The Balaban J connectivity index is 0.00000288. The number of aryl methyl sites for hydroxylation is 1. The lowest BCUT2D eigenvalue weighted by Gasteiger charge is -2.33. The third-order valence-electron chi connectivity index (χ3n) is 4.39. The molecule has 1 unspecified atom stereocenters. The molecule has 1 heterocycles. The molecular formula is C17H29ClN2O3S. The number of sulfonamides is 1. The van der Waals surface area contributed by atoms with Gasteiger partial charge >= 0.3 is 0 Å². The molecule has 0 saturated carbocycles. The first-order valence-corrected chi connectivity index (χ1v) is 9.69. The molecule has 0 aliphatic carbocycles. The number of hydrogen-bond donors (Lipinski definition) is 1. The molecule has 2 N–H and O–H groups in total. The van der Waals surface area contributed by atoms with Crippen LogP contribution in [-0.2, 0) is 10.0 Å². The maximum Gasteiger partial charge on any atom is 0.243 e. The van der Waals surface area contributed by atoms with Crippen LogP contribution >= 0.6 is 12.4 Å². The fourth-order valence-electron chi connectivity index (χ4n) is 2.96. The summed E-state index contributed by atoms with van der Waals surface area (Å²) >= 11 is 0. The zero-order chi connectivity index (χ0) is 17.2. The molecule has 0 amide bonds. The van der Waals surface area contributed by atoms with Crippen molar-refractivity contribution in [3.8, 4) is 5.75 Å². The van der Waals surface area contributed by atoms with Crippen molar-refractivity contribution >= 4 is 22.4 Å². The van der Waals surface area contributed by atoms with Crippen molar-refractivity contribution in [2.24, 2.45) is 11.7 Å². The number of piperidine rings is 1. The molecule has 1 atom stereocenters. The molecule has 2 rings (SSSR count). The summed E-state index contributed by atoms with van der Waals surface area (Å²) in [6, 6.07) is 5.20. The van der Waals surface area contributed by atoms with Crippen LogP contribution in [0.4, 0.5) is 0 Å². The lowest BCUT2D eigenvalue weighted by Crippen LogP contribution is -2.42. The van der Waals surface area contributed by atoms with Gasteiger partial charge < -0.3 is 10.5 Å². The van der Waals surface area contributed by atoms with Crippen molar-refractivity contribution in [3.63, 3.8) is 0 Å². The van der Waals surface area contributed by atoms with Gasteiger partial charge in [-0.3, -0.25) is 0 Å². The lowest BCUT2D eigenvalue weighted by atomic mass is 9.92. The Hall–Kier alpha value is -0.820. The summed E-state index contributed by atoms with van der Waals surface area (Å²) in [6.07, 6.45) is 1.71. The number of nitrogens with zero attached hydrogens (tertiary/aromatic N) is 1. The van der Waals surface area contributed by atoms with Gasteiger partial charge in [0.2, 0.25) is 10.0 Å². The molecule has 0 spiro atoms. The SMILES string of the molecule is Cc1cc(S(=O)(=O)N2CCC(C(C)N)CC2)ccc1OC(C)C.Cl. The molecule has 5 nitrogen and oxygen atoms in total. The summed E-state index contributed by atoms with van der Waals surface area (Å²) in [4.78, 5) is 0.338. The van der Waals surface area contributed by atoms with Crippen molar-refractivity contribution < 1.29 is 13.2 Å². The van der Waals surface area contributed by atoms with Gasteiger partial charge in [0, 0.05) is 19.1 Å². The highest BCUT2D eigenvalue weighted by Gasteiger charge is 2.30. The number of rotatable bonds is 5. The van der Waals surface area contributed by atoms with Crippen molar-refractivity contribution in [2.75, 3.05) is 13.1 Å². The van der Waals surface area contributed by atoms with E-state index in [1.807, 2.05) is 27.7 Å². The number of halogens is 1. The first-order chi connectivity index (χ1) is 10.7. The lowest BCUT2D eigenvalue weighted by molar-refractivity contribution is 0.240. The quantitative estimate of drug-likeness (QED) is 0.857. The smallest absolute Gasteiger partial charge is 0.243 e. The normalized spacial score (nSPS) is 18.2. The molecule has 1 fully saturated rings. The third kappa shape index (κ3) is 4.85. The maximum absolute atomic E-state index is 12.8. The highest BCUT2D eigenvalue weighted by Crippen LogP contribution is 2.28. The van der Waals surface area contributed by atoms with Gasteiger partial charge in [0.25, 0.3) is 0 Å². The highest BCUT2D eigenvalue weighted by molar-refractivity contribution is 7.89. The predicted molar refractivity (Wildman–Crippen MR) is 99.3 cm³/mol. The highest BCUT2D eigenvalue weighted by atomic mass is 35.5. The minimum absolute atomic E-state index is 0. The minimum atomic E-state index is -3.44. The van der Waals surface area contributed by atoms with E-state index in [0.29, 0.717) is 23.9 Å². The van der Waals surface area contributed by atoms with Crippen LogP contribution in [0.15, 0.2) is 23.1 Å². The van der Waals surface area contributed by atoms with Crippen LogP contribution in [0.1, 0.15) is 39.2 Å². The standard InChI is InChI=1S/C17H28N2O3S.ClH/c1-12(2)22-17-6-5-16(11-13(17)3)23(20,21)19-9-7-15(8-10-19)14(4)18;/h5-6,11-12,14-15H,7-10,18H2,1-4H3;1H. The molecule has 138 valence electrons. The average Bonchev–Trinajstić information content (AvgIpc) is 2.49. The van der Waals surface area contributed by atoms with Crippen LogP contribution in [0.2, 0.25) is 0 Å². The van der Waals surface area contributed by atoms with E-state index in [0.717, 1.165) is 24.2 Å². The Morgan fingerprint density at radius 2 is 1.79 bits per heavy atom. The number of benzene rings is 1. The Morgan fingerprint density at radius 3 is 2.25 bits per heavy atom. The molecule has 0 radical (unpaired) electrons. The average molecular weight is 377 g/mol. The predicted octanol–water partition coefficient (Wildman–Crippen LogP) is 2.95. The molecule has 0 aromatic heterocycles. The van der Waals surface area contributed by atoms with Gasteiger partial charge in [-0.2, -0.15) is 4.31 Å². The van der Waals surface area contributed by atoms with E-state index >= 15 is 0 Å². The Morgan fingerprint density at radius 1 is 1.21 bits per heavy atom. The second kappa shape index (κ2) is 8.52. The molecule has 1 aliphatic heterocycles. The largest absolute Gasteiger partial charge is 0.491 e. The van der Waals surface area contributed by atoms with Crippen molar-refractivity contribution in [1.29, 1.82) is 0 Å². The zero-order valence-corrected chi connectivity index (χ0v) is 16.5. The van der Waals surface area contributed by atoms with Crippen LogP contribution in [0, 0.1) is 12.8 Å². The molecule has 0 bridgehead atoms. The maximum atomic E-state index is 12.8. The van der Waals surface area contributed by atoms with Gasteiger partial charge in [-0.05, 0) is 70.2 Å². The monoisotopic (exact) mass is 376 g/mol. The fourth-order valence-corrected chi connectivity index (χ4v) is 4.51. The van der Waals surface area contributed by atoms with E-state index in [1.54, 1.807) is 22.5 Å². The minimum Gasteiger partial charge on any atom is -0.491 e. The van der Waals surface area contributed by atoms with E-state index in [9.17, 15) is 8.42 Å². The third-order valence-corrected chi connectivity index (χ3v) is 6.28. The first-order valence-electron chi connectivity index (χ1n) is 8.25. The van der Waals surface area contributed by atoms with Crippen molar-refractivity contribution in [3.05, 3.63) is 23.8 Å². The molecule has 1 saturated heterocycles. The number of nitrogens with two attached hydrogens (primary N) is 1. The summed E-state index contributed by atoms with van der Waals surface area (Å²) in [6.45, 7) is 8.85. The molecule has 7 heteroatoms. The second-order valence-corrected chi connectivity index (χ2v) is 8.63. The van der Waals surface area contributed by atoms with Crippen LogP contribution in [0.5, 0.6) is 5.75 Å². The molecule has 1 aliphatic rings. The summed E-state index contributed by atoms with van der Waals surface area (Å²) in [7, 11) is -3.44. The summed E-state index contributed by atoms with van der Waals surface area (Å²) in [5.74, 6) is 1.14. The van der Waals surface area contributed by atoms with Crippen molar-refractivity contribution in [2.45, 2.75) is 57.6 Å². The van der Waals surface area contributed by atoms with Crippen LogP contribution in [-0.4, -0.2) is 38.0 Å². The first kappa shape index (κ1) is 21.2. The van der Waals surface area contributed by atoms with E-state index in [4.69, 9.17) is 10.5 Å². The van der Waals surface area contributed by atoms with Crippen LogP contribution in [0.3, 0.4) is 0 Å². The summed E-state index contributed by atoms with van der Waals surface area (Å²) in [5, 5.41) is 0. The van der Waals surface area contributed by atoms with Crippen molar-refractivity contribution in [1.82, 2.24) is 4.31 Å².